The van der Waals surface area contributed by atoms with Crippen LogP contribution >= 0.6 is 0 Å². The molecule has 0 aliphatic carbocycles. The summed E-state index contributed by atoms with van der Waals surface area (Å²) in [6.45, 7) is 4.96. The van der Waals surface area contributed by atoms with Gasteiger partial charge in [0.2, 0.25) is 0 Å². The van der Waals surface area contributed by atoms with Gasteiger partial charge in [-0.2, -0.15) is 0 Å². The lowest BCUT2D eigenvalue weighted by atomic mass is 10.1. The average molecular weight is 277 g/mol. The smallest absolute Gasteiger partial charge is 0.396 e. The van der Waals surface area contributed by atoms with Crippen LogP contribution in [0.25, 0.3) is 0 Å². The van der Waals surface area contributed by atoms with Crippen LogP contribution in [0.1, 0.15) is 32.3 Å². The van der Waals surface area contributed by atoms with Crippen molar-refractivity contribution in [3.63, 3.8) is 0 Å². The van der Waals surface area contributed by atoms with E-state index in [0.29, 0.717) is 25.5 Å². The Morgan fingerprint density at radius 2 is 1.90 bits per heavy atom. The van der Waals surface area contributed by atoms with Gasteiger partial charge in [0.25, 0.3) is 0 Å². The molecule has 1 aromatic rings. The zero-order valence-electron chi connectivity index (χ0n) is 12.2. The molecule has 0 aliphatic rings. The third kappa shape index (κ3) is 6.92. The van der Waals surface area contributed by atoms with Crippen LogP contribution in [0.2, 0.25) is 0 Å². The number of esters is 1. The first-order valence-corrected chi connectivity index (χ1v) is 7.08. The zero-order valence-corrected chi connectivity index (χ0v) is 12.2. The van der Waals surface area contributed by atoms with Crippen molar-refractivity contribution in [3.05, 3.63) is 35.9 Å². The fourth-order valence-electron chi connectivity index (χ4n) is 1.76. The normalized spacial score (nSPS) is 10.3. The summed E-state index contributed by atoms with van der Waals surface area (Å²) in [6, 6.07) is 9.80. The van der Waals surface area contributed by atoms with E-state index in [1.807, 2.05) is 30.3 Å². The molecule has 0 atom stereocenters. The van der Waals surface area contributed by atoms with Gasteiger partial charge < -0.3 is 10.1 Å². The largest absolute Gasteiger partial charge is 0.459 e. The summed E-state index contributed by atoms with van der Waals surface area (Å²) < 4.78 is 4.91. The lowest BCUT2D eigenvalue weighted by molar-refractivity contribution is -0.155. The number of carbonyl (C=O) groups excluding carboxylic acids is 2. The number of ether oxygens (including phenoxy) is 1. The summed E-state index contributed by atoms with van der Waals surface area (Å²) in [7, 11) is 0. The molecule has 4 heteroatoms. The molecule has 1 aromatic carbocycles. The fraction of sp³-hybridized carbons (Fsp3) is 0.500. The number of benzene rings is 1. The summed E-state index contributed by atoms with van der Waals surface area (Å²) in [5.74, 6) is -0.874. The van der Waals surface area contributed by atoms with Gasteiger partial charge in [-0.25, -0.2) is 4.79 Å². The van der Waals surface area contributed by atoms with Crippen molar-refractivity contribution < 1.29 is 14.3 Å². The highest BCUT2D eigenvalue weighted by Gasteiger charge is 2.14. The van der Waals surface area contributed by atoms with Crippen LogP contribution in [0.3, 0.4) is 0 Å². The van der Waals surface area contributed by atoms with E-state index in [-0.39, 0.29) is 0 Å². The molecule has 4 nitrogen and oxygen atoms in total. The molecule has 0 spiro atoms. The number of nitrogens with one attached hydrogen (secondary N) is 1. The van der Waals surface area contributed by atoms with Crippen molar-refractivity contribution in [1.29, 1.82) is 0 Å². The molecule has 0 radical (unpaired) electrons. The third-order valence-corrected chi connectivity index (χ3v) is 2.89. The van der Waals surface area contributed by atoms with E-state index < -0.39 is 11.9 Å². The van der Waals surface area contributed by atoms with E-state index in [0.717, 1.165) is 18.4 Å². The lowest BCUT2D eigenvalue weighted by Gasteiger charge is -2.07. The highest BCUT2D eigenvalue weighted by atomic mass is 16.5. The van der Waals surface area contributed by atoms with E-state index >= 15 is 0 Å². The summed E-state index contributed by atoms with van der Waals surface area (Å²) in [5, 5.41) is 2.57. The maximum absolute atomic E-state index is 11.5. The molecular weight excluding hydrogens is 254 g/mol. The minimum absolute atomic E-state index is 0.309. The molecule has 0 fully saturated rings. The Balaban J connectivity index is 2.14. The summed E-state index contributed by atoms with van der Waals surface area (Å²) in [5.41, 5.74) is 1.12. The SMILES string of the molecule is CC(C)CCCOC(=O)C(=O)NCCc1ccccc1. The Morgan fingerprint density at radius 1 is 1.20 bits per heavy atom. The topological polar surface area (TPSA) is 55.4 Å². The Bertz CT molecular complexity index is 415. The van der Waals surface area contributed by atoms with E-state index in [9.17, 15) is 9.59 Å². The molecule has 0 aliphatic heterocycles. The first-order chi connectivity index (χ1) is 9.59. The average Bonchev–Trinajstić information content (AvgIpc) is 2.44. The first-order valence-electron chi connectivity index (χ1n) is 7.08. The van der Waals surface area contributed by atoms with Crippen molar-refractivity contribution in [2.45, 2.75) is 33.1 Å². The fourth-order valence-corrected chi connectivity index (χ4v) is 1.76. The van der Waals surface area contributed by atoms with Crippen molar-refractivity contribution in [1.82, 2.24) is 5.32 Å². The van der Waals surface area contributed by atoms with Gasteiger partial charge in [0, 0.05) is 6.54 Å². The quantitative estimate of drug-likeness (QED) is 0.473. The molecule has 0 bridgehead atoms. The maximum Gasteiger partial charge on any atom is 0.396 e. The van der Waals surface area contributed by atoms with Crippen LogP contribution in [0.4, 0.5) is 0 Å². The van der Waals surface area contributed by atoms with Gasteiger partial charge in [0.1, 0.15) is 0 Å². The predicted molar refractivity (Wildman–Crippen MR) is 78.2 cm³/mol. The number of hydrogen-bond acceptors (Lipinski definition) is 3. The van der Waals surface area contributed by atoms with Gasteiger partial charge in [0.15, 0.2) is 0 Å². The molecule has 20 heavy (non-hydrogen) atoms. The van der Waals surface area contributed by atoms with Gasteiger partial charge in [0.05, 0.1) is 6.61 Å². The molecule has 0 saturated carbocycles. The third-order valence-electron chi connectivity index (χ3n) is 2.89. The van der Waals surface area contributed by atoms with Gasteiger partial charge >= 0.3 is 11.9 Å². The van der Waals surface area contributed by atoms with Gasteiger partial charge in [-0.3, -0.25) is 4.79 Å². The van der Waals surface area contributed by atoms with E-state index in [1.165, 1.54) is 0 Å². The lowest BCUT2D eigenvalue weighted by Crippen LogP contribution is -2.34. The second-order valence-electron chi connectivity index (χ2n) is 5.16. The summed E-state index contributed by atoms with van der Waals surface area (Å²) >= 11 is 0. The minimum atomic E-state index is -0.790. The second kappa shape index (κ2) is 9.13. The standard InChI is InChI=1S/C16H23NO3/c1-13(2)7-6-12-20-16(19)15(18)17-11-10-14-8-4-3-5-9-14/h3-5,8-9,13H,6-7,10-12H2,1-2H3,(H,17,18). The molecule has 1 amide bonds. The molecule has 0 saturated heterocycles. The van der Waals surface area contributed by atoms with Crippen molar-refractivity contribution >= 4 is 11.9 Å². The maximum atomic E-state index is 11.5. The molecule has 110 valence electrons. The Kier molecular flexibility index (Phi) is 7.40. The van der Waals surface area contributed by atoms with Gasteiger partial charge in [-0.05, 0) is 30.7 Å². The summed E-state index contributed by atoms with van der Waals surface area (Å²) in [4.78, 5) is 22.9. The molecule has 1 rings (SSSR count). The molecule has 0 aromatic heterocycles. The first kappa shape index (κ1) is 16.2. The number of rotatable bonds is 7. The molecular formula is C16H23NO3. The second-order valence-corrected chi connectivity index (χ2v) is 5.16. The van der Waals surface area contributed by atoms with Gasteiger partial charge in [-0.1, -0.05) is 44.2 Å². The van der Waals surface area contributed by atoms with E-state index in [4.69, 9.17) is 4.74 Å². The highest BCUT2D eigenvalue weighted by Crippen LogP contribution is 2.03. The van der Waals surface area contributed by atoms with Crippen LogP contribution in [0.5, 0.6) is 0 Å². The molecule has 0 heterocycles. The Morgan fingerprint density at radius 3 is 2.55 bits per heavy atom. The monoisotopic (exact) mass is 277 g/mol. The van der Waals surface area contributed by atoms with Crippen LogP contribution < -0.4 is 5.32 Å². The predicted octanol–water partition coefficient (Wildman–Crippen LogP) is 2.32. The van der Waals surface area contributed by atoms with E-state index in [2.05, 4.69) is 19.2 Å². The minimum Gasteiger partial charge on any atom is -0.459 e. The van der Waals surface area contributed by atoms with Crippen molar-refractivity contribution in [2.24, 2.45) is 5.92 Å². The Labute approximate surface area is 120 Å². The van der Waals surface area contributed by atoms with Crippen LogP contribution in [-0.4, -0.2) is 25.0 Å². The van der Waals surface area contributed by atoms with E-state index in [1.54, 1.807) is 0 Å². The highest BCUT2D eigenvalue weighted by molar-refractivity contribution is 6.32. The number of hydrogen-bond donors (Lipinski definition) is 1. The molecule has 1 N–H and O–H groups in total. The van der Waals surface area contributed by atoms with Crippen LogP contribution in [-0.2, 0) is 20.7 Å². The van der Waals surface area contributed by atoms with Crippen molar-refractivity contribution in [2.75, 3.05) is 13.2 Å². The van der Waals surface area contributed by atoms with Crippen LogP contribution in [0.15, 0.2) is 30.3 Å². The summed E-state index contributed by atoms with van der Waals surface area (Å²) in [6.07, 6.45) is 2.48. The molecule has 0 unspecified atom stereocenters. The Hall–Kier alpha value is -1.84. The van der Waals surface area contributed by atoms with Crippen LogP contribution in [0, 0.1) is 5.92 Å². The zero-order chi connectivity index (χ0) is 14.8. The number of amides is 1. The van der Waals surface area contributed by atoms with Gasteiger partial charge in [-0.15, -0.1) is 0 Å². The number of carbonyl (C=O) groups is 2. The van der Waals surface area contributed by atoms with Crippen molar-refractivity contribution in [3.8, 4) is 0 Å².